The predicted molar refractivity (Wildman–Crippen MR) is 69.0 cm³/mol. The molecule has 5 heteroatoms. The van der Waals surface area contributed by atoms with Crippen molar-refractivity contribution in [2.45, 2.75) is 6.54 Å². The monoisotopic (exact) mass is 261 g/mol. The average Bonchev–Trinajstić information content (AvgIpc) is 2.96. The fourth-order valence-corrected chi connectivity index (χ4v) is 1.47. The van der Waals surface area contributed by atoms with Crippen LogP contribution < -0.4 is 14.8 Å². The molecular formula is C14H15NO4. The standard InChI is InChI=1S/C14H15NO4/c1-17-11-4-6-12(7-5-11)19-10-14(16)15-9-13-3-2-8-18-13/h2-8H,9-10H2,1H3,(H,15,16). The molecule has 0 radical (unpaired) electrons. The number of hydrogen-bond donors (Lipinski definition) is 1. The molecular weight excluding hydrogens is 246 g/mol. The average molecular weight is 261 g/mol. The Morgan fingerprint density at radius 1 is 1.21 bits per heavy atom. The first kappa shape index (κ1) is 13.0. The number of ether oxygens (including phenoxy) is 2. The van der Waals surface area contributed by atoms with E-state index in [2.05, 4.69) is 5.32 Å². The first-order chi connectivity index (χ1) is 9.28. The fourth-order valence-electron chi connectivity index (χ4n) is 1.47. The Kier molecular flexibility index (Phi) is 4.44. The smallest absolute Gasteiger partial charge is 0.258 e. The third-order valence-corrected chi connectivity index (χ3v) is 2.47. The first-order valence-electron chi connectivity index (χ1n) is 5.84. The Labute approximate surface area is 111 Å². The number of rotatable bonds is 6. The van der Waals surface area contributed by atoms with Crippen molar-refractivity contribution in [3.63, 3.8) is 0 Å². The van der Waals surface area contributed by atoms with Crippen LogP contribution in [0, 0.1) is 0 Å². The molecule has 0 unspecified atom stereocenters. The quantitative estimate of drug-likeness (QED) is 0.863. The fraction of sp³-hybridized carbons (Fsp3) is 0.214. The second kappa shape index (κ2) is 6.49. The highest BCUT2D eigenvalue weighted by atomic mass is 16.5. The van der Waals surface area contributed by atoms with Crippen LogP contribution in [0.25, 0.3) is 0 Å². The third kappa shape index (κ3) is 4.06. The Morgan fingerprint density at radius 3 is 2.58 bits per heavy atom. The first-order valence-corrected chi connectivity index (χ1v) is 5.84. The van der Waals surface area contributed by atoms with E-state index in [-0.39, 0.29) is 12.5 Å². The molecule has 2 aromatic rings. The Bertz CT molecular complexity index is 505. The SMILES string of the molecule is COc1ccc(OCC(=O)NCc2ccco2)cc1. The Balaban J connectivity index is 1.73. The molecule has 1 amide bonds. The number of methoxy groups -OCH3 is 1. The van der Waals surface area contributed by atoms with Gasteiger partial charge in [-0.15, -0.1) is 0 Å². The van der Waals surface area contributed by atoms with Gasteiger partial charge in [-0.2, -0.15) is 0 Å². The summed E-state index contributed by atoms with van der Waals surface area (Å²) in [5.74, 6) is 1.87. The molecule has 1 aromatic heterocycles. The molecule has 0 fully saturated rings. The normalized spacial score (nSPS) is 9.95. The molecule has 19 heavy (non-hydrogen) atoms. The molecule has 0 saturated heterocycles. The van der Waals surface area contributed by atoms with Gasteiger partial charge in [-0.05, 0) is 36.4 Å². The second-order valence-electron chi connectivity index (χ2n) is 3.82. The number of amides is 1. The summed E-state index contributed by atoms with van der Waals surface area (Å²) in [7, 11) is 1.60. The van der Waals surface area contributed by atoms with E-state index in [0.29, 0.717) is 18.1 Å². The van der Waals surface area contributed by atoms with E-state index < -0.39 is 0 Å². The number of carbonyl (C=O) groups is 1. The van der Waals surface area contributed by atoms with Gasteiger partial charge in [-0.25, -0.2) is 0 Å². The van der Waals surface area contributed by atoms with Gasteiger partial charge >= 0.3 is 0 Å². The van der Waals surface area contributed by atoms with Crippen LogP contribution in [-0.2, 0) is 11.3 Å². The molecule has 1 N–H and O–H groups in total. The summed E-state index contributed by atoms with van der Waals surface area (Å²) in [6.45, 7) is 0.324. The molecule has 5 nitrogen and oxygen atoms in total. The molecule has 1 aromatic carbocycles. The van der Waals surface area contributed by atoms with Gasteiger partial charge in [-0.3, -0.25) is 4.79 Å². The van der Waals surface area contributed by atoms with Crippen LogP contribution in [0.15, 0.2) is 47.1 Å². The minimum absolute atomic E-state index is 0.0347. The van der Waals surface area contributed by atoms with E-state index in [0.717, 1.165) is 5.75 Å². The molecule has 0 atom stereocenters. The molecule has 1 heterocycles. The van der Waals surface area contributed by atoms with Crippen LogP contribution in [-0.4, -0.2) is 19.6 Å². The summed E-state index contributed by atoms with van der Waals surface area (Å²) in [6, 6.07) is 10.6. The zero-order valence-electron chi connectivity index (χ0n) is 10.6. The van der Waals surface area contributed by atoms with Crippen molar-refractivity contribution in [2.24, 2.45) is 0 Å². The number of hydrogen-bond acceptors (Lipinski definition) is 4. The molecule has 100 valence electrons. The lowest BCUT2D eigenvalue weighted by Crippen LogP contribution is -2.28. The number of benzene rings is 1. The van der Waals surface area contributed by atoms with Crippen LogP contribution in [0.3, 0.4) is 0 Å². The summed E-state index contributed by atoms with van der Waals surface area (Å²) < 4.78 is 15.5. The van der Waals surface area contributed by atoms with Crippen LogP contribution in [0.2, 0.25) is 0 Å². The maximum absolute atomic E-state index is 11.5. The maximum Gasteiger partial charge on any atom is 0.258 e. The van der Waals surface area contributed by atoms with Crippen molar-refractivity contribution in [1.29, 1.82) is 0 Å². The van der Waals surface area contributed by atoms with Crippen molar-refractivity contribution in [1.82, 2.24) is 5.32 Å². The van der Waals surface area contributed by atoms with Crippen molar-refractivity contribution >= 4 is 5.91 Å². The van der Waals surface area contributed by atoms with Gasteiger partial charge in [0.15, 0.2) is 6.61 Å². The number of furan rings is 1. The van der Waals surface area contributed by atoms with E-state index in [1.807, 2.05) is 0 Å². The number of carbonyl (C=O) groups excluding carboxylic acids is 1. The van der Waals surface area contributed by atoms with Gasteiger partial charge in [0.2, 0.25) is 0 Å². The molecule has 0 aliphatic carbocycles. The number of nitrogens with one attached hydrogen (secondary N) is 1. The van der Waals surface area contributed by atoms with Gasteiger partial charge in [0.25, 0.3) is 5.91 Å². The predicted octanol–water partition coefficient (Wildman–Crippen LogP) is 1.98. The third-order valence-electron chi connectivity index (χ3n) is 2.47. The van der Waals surface area contributed by atoms with Crippen LogP contribution in [0.4, 0.5) is 0 Å². The minimum Gasteiger partial charge on any atom is -0.497 e. The van der Waals surface area contributed by atoms with Crippen LogP contribution in [0.1, 0.15) is 5.76 Å². The molecule has 0 spiro atoms. The lowest BCUT2D eigenvalue weighted by molar-refractivity contribution is -0.123. The topological polar surface area (TPSA) is 60.7 Å². The lowest BCUT2D eigenvalue weighted by Gasteiger charge is -2.07. The highest BCUT2D eigenvalue weighted by Crippen LogP contribution is 2.16. The van der Waals surface area contributed by atoms with E-state index in [9.17, 15) is 4.79 Å². The highest BCUT2D eigenvalue weighted by molar-refractivity contribution is 5.77. The van der Waals surface area contributed by atoms with Gasteiger partial charge in [0.1, 0.15) is 17.3 Å². The molecule has 0 aliphatic rings. The maximum atomic E-state index is 11.5. The Hall–Kier alpha value is -2.43. The molecule has 2 rings (SSSR count). The molecule has 0 bridgehead atoms. The Morgan fingerprint density at radius 2 is 1.95 bits per heavy atom. The summed E-state index contributed by atoms with van der Waals surface area (Å²) in [6.07, 6.45) is 1.56. The van der Waals surface area contributed by atoms with E-state index in [1.165, 1.54) is 0 Å². The minimum atomic E-state index is -0.202. The van der Waals surface area contributed by atoms with E-state index in [4.69, 9.17) is 13.9 Å². The zero-order chi connectivity index (χ0) is 13.5. The second-order valence-corrected chi connectivity index (χ2v) is 3.82. The van der Waals surface area contributed by atoms with Crippen molar-refractivity contribution < 1.29 is 18.7 Å². The van der Waals surface area contributed by atoms with Crippen LogP contribution in [0.5, 0.6) is 11.5 Å². The van der Waals surface area contributed by atoms with Gasteiger partial charge in [0, 0.05) is 0 Å². The van der Waals surface area contributed by atoms with Gasteiger partial charge < -0.3 is 19.2 Å². The van der Waals surface area contributed by atoms with E-state index in [1.54, 1.807) is 49.8 Å². The molecule has 0 saturated carbocycles. The van der Waals surface area contributed by atoms with E-state index >= 15 is 0 Å². The molecule has 0 aliphatic heterocycles. The summed E-state index contributed by atoms with van der Waals surface area (Å²) >= 11 is 0. The van der Waals surface area contributed by atoms with Crippen molar-refractivity contribution in [3.8, 4) is 11.5 Å². The van der Waals surface area contributed by atoms with Gasteiger partial charge in [0.05, 0.1) is 19.9 Å². The highest BCUT2D eigenvalue weighted by Gasteiger charge is 2.04. The lowest BCUT2D eigenvalue weighted by atomic mass is 10.3. The van der Waals surface area contributed by atoms with Crippen LogP contribution >= 0.6 is 0 Å². The largest absolute Gasteiger partial charge is 0.497 e. The van der Waals surface area contributed by atoms with Crippen molar-refractivity contribution in [2.75, 3.05) is 13.7 Å². The summed E-state index contributed by atoms with van der Waals surface area (Å²) in [5, 5.41) is 2.70. The summed E-state index contributed by atoms with van der Waals surface area (Å²) in [5.41, 5.74) is 0. The summed E-state index contributed by atoms with van der Waals surface area (Å²) in [4.78, 5) is 11.5. The van der Waals surface area contributed by atoms with Gasteiger partial charge in [-0.1, -0.05) is 0 Å². The van der Waals surface area contributed by atoms with Crippen molar-refractivity contribution in [3.05, 3.63) is 48.4 Å². The zero-order valence-corrected chi connectivity index (χ0v) is 10.6.